The molecule has 156 valence electrons. The van der Waals surface area contributed by atoms with Gasteiger partial charge in [0.05, 0.1) is 13.0 Å². The molecule has 10 nitrogen and oxygen atoms in total. The third-order valence-corrected chi connectivity index (χ3v) is 4.84. The van der Waals surface area contributed by atoms with E-state index in [2.05, 4.69) is 22.5 Å². The molecule has 2 fully saturated rings. The first-order valence-corrected chi connectivity index (χ1v) is 9.74. The van der Waals surface area contributed by atoms with Crippen molar-refractivity contribution in [3.05, 3.63) is 0 Å². The lowest BCUT2D eigenvalue weighted by Crippen LogP contribution is -2.40. The third-order valence-electron chi connectivity index (χ3n) is 4.84. The van der Waals surface area contributed by atoms with E-state index in [1.165, 1.54) is 0 Å². The number of carbonyl (C=O) groups excluding carboxylic acids is 5. The molecular weight excluding hydrogens is 376 g/mol. The summed E-state index contributed by atoms with van der Waals surface area (Å²) in [4.78, 5) is 64.9. The zero-order valence-electron chi connectivity index (χ0n) is 16.2. The van der Waals surface area contributed by atoms with Crippen LogP contribution < -0.4 is 10.6 Å². The number of imide groups is 1. The molecule has 2 saturated heterocycles. The van der Waals surface area contributed by atoms with Crippen LogP contribution in [0.4, 0.5) is 0 Å². The van der Waals surface area contributed by atoms with Crippen LogP contribution in [0.5, 0.6) is 0 Å². The number of nitrogens with zero attached hydrogens (tertiary/aromatic N) is 2. The highest BCUT2D eigenvalue weighted by Crippen LogP contribution is 2.18. The average molecular weight is 404 g/mol. The number of amides is 4. The van der Waals surface area contributed by atoms with Gasteiger partial charge in [-0.1, -0.05) is 6.92 Å². The van der Waals surface area contributed by atoms with Crippen molar-refractivity contribution in [2.75, 3.05) is 26.2 Å². The summed E-state index contributed by atoms with van der Waals surface area (Å²) < 4.78 is 0. The SMILES string of the molecule is C[13CH2][13CH]1[13CH2][13CH2][13CH2]N1C[13C](=O)NCCC(=O)[15NH]CC[13C](=O)ON1C(=O)CCC1=O. The number of nitrogens with one attached hydrogen (secondary N) is 2. The molecule has 1 atom stereocenters. The Labute approximate surface area is 163 Å². The third kappa shape index (κ3) is 6.59. The molecule has 4 amide bonds. The first-order valence-electron chi connectivity index (χ1n) is 9.74. The minimum Gasteiger partial charge on any atom is -0.355 e. The van der Waals surface area contributed by atoms with Crippen molar-refractivity contribution >= 4 is 29.6 Å². The van der Waals surface area contributed by atoms with Crippen LogP contribution in [-0.4, -0.2) is 71.8 Å². The Morgan fingerprint density at radius 1 is 1.04 bits per heavy atom. The molecule has 2 aliphatic heterocycles. The van der Waals surface area contributed by atoms with Gasteiger partial charge in [-0.2, -0.15) is 0 Å². The van der Waals surface area contributed by atoms with E-state index in [9.17, 15) is 24.0 Å². The van der Waals surface area contributed by atoms with Crippen molar-refractivity contribution < 1.29 is 28.8 Å². The van der Waals surface area contributed by atoms with Crippen molar-refractivity contribution in [1.82, 2.24) is 20.6 Å². The molecule has 0 aromatic heterocycles. The number of hydrogen-bond donors (Lipinski definition) is 2. The number of carbonyl (C=O) groups is 5. The first-order chi connectivity index (χ1) is 13.4. The Hall–Kier alpha value is -2.49. The monoisotopic (exact) mass is 404 g/mol. The van der Waals surface area contributed by atoms with Gasteiger partial charge in [-0.15, -0.1) is 5.06 Å². The van der Waals surface area contributed by atoms with E-state index in [4.69, 9.17) is 4.84 Å². The van der Waals surface area contributed by atoms with Gasteiger partial charge in [0.15, 0.2) is 0 Å². The second kappa shape index (κ2) is 10.7. The van der Waals surface area contributed by atoms with Crippen LogP contribution in [0.3, 0.4) is 0 Å². The second-order valence-electron chi connectivity index (χ2n) is 6.92. The topological polar surface area (TPSA) is 125 Å². The largest absolute Gasteiger partial charge is 0.355 e. The lowest BCUT2D eigenvalue weighted by atomic mass is 10.4. The van der Waals surface area contributed by atoms with E-state index in [1.54, 1.807) is 0 Å². The second-order valence-corrected chi connectivity index (χ2v) is 6.92. The Balaban J connectivity index is 1.54. The quantitative estimate of drug-likeness (QED) is 0.285. The van der Waals surface area contributed by atoms with E-state index in [0.717, 1.165) is 25.8 Å². The minimum absolute atomic E-state index is 0.0216. The van der Waals surface area contributed by atoms with Crippen LogP contribution in [0, 0.1) is 0 Å². The molecule has 0 spiro atoms. The van der Waals surface area contributed by atoms with Gasteiger partial charge in [0.25, 0.3) is 11.8 Å². The zero-order valence-corrected chi connectivity index (χ0v) is 16.2. The molecule has 0 aromatic carbocycles. The van der Waals surface area contributed by atoms with Gasteiger partial charge in [0.2, 0.25) is 11.8 Å². The van der Waals surface area contributed by atoms with Gasteiger partial charge < -0.3 is 15.5 Å². The standard InChI is InChI=1S/C18H28N4O6/c1-2-13-4-3-11-21(13)12-15(24)20-9-7-14(23)19-10-8-18(27)28-22-16(25)5-6-17(22)26/h13H,2-12H2,1H3,(H,19,23)(H,20,24)/i2+1,3+1,4+1,11+1,13+1,15+1,18+1,19+1. The van der Waals surface area contributed by atoms with Crippen LogP contribution >= 0.6 is 0 Å². The Bertz CT molecular complexity index is 607. The predicted octanol–water partition coefficient (Wildman–Crippen LogP) is -0.519. The fourth-order valence-corrected chi connectivity index (χ4v) is 3.32. The molecule has 1 unspecified atom stereocenters. The molecule has 0 bridgehead atoms. The predicted molar refractivity (Wildman–Crippen MR) is 97.3 cm³/mol. The molecule has 2 N–H and O–H groups in total. The summed E-state index contributed by atoms with van der Waals surface area (Å²) in [7, 11) is 0. The molecule has 10 heteroatoms. The summed E-state index contributed by atoms with van der Waals surface area (Å²) in [6, 6.07) is 0.458. The van der Waals surface area contributed by atoms with Gasteiger partial charge in [-0.05, 0) is 25.8 Å². The Morgan fingerprint density at radius 3 is 2.36 bits per heavy atom. The van der Waals surface area contributed by atoms with Crippen molar-refractivity contribution in [3.63, 3.8) is 0 Å². The smallest absolute Gasteiger partial charge is 0.334 e. The van der Waals surface area contributed by atoms with Crippen LogP contribution in [0.2, 0.25) is 0 Å². The maximum atomic E-state index is 12.0. The normalized spacial score (nSPS) is 19.8. The van der Waals surface area contributed by atoms with E-state index in [0.29, 0.717) is 17.6 Å². The van der Waals surface area contributed by atoms with Crippen molar-refractivity contribution in [2.24, 2.45) is 0 Å². The summed E-state index contributed by atoms with van der Waals surface area (Å²) >= 11 is 0. The first kappa shape index (κ1) is 21.8. The zero-order chi connectivity index (χ0) is 20.5. The van der Waals surface area contributed by atoms with Crippen LogP contribution in [0.25, 0.3) is 0 Å². The van der Waals surface area contributed by atoms with Gasteiger partial charge in [0.1, 0.15) is 0 Å². The number of likely N-dealkylation sites (tertiary alicyclic amines) is 1. The van der Waals surface area contributed by atoms with Crippen LogP contribution in [-0.2, 0) is 28.8 Å². The van der Waals surface area contributed by atoms with Gasteiger partial charge in [0, 0.05) is 38.4 Å². The lowest BCUT2D eigenvalue weighted by Gasteiger charge is -2.22. The molecule has 2 aliphatic rings. The Kier molecular flexibility index (Phi) is 8.37. The van der Waals surface area contributed by atoms with E-state index >= 15 is 0 Å². The summed E-state index contributed by atoms with van der Waals surface area (Å²) in [6.45, 7) is 3.63. The maximum Gasteiger partial charge on any atom is 0.334 e. The highest BCUT2D eigenvalue weighted by atomic mass is 16.8. The summed E-state index contributed by atoms with van der Waals surface area (Å²) in [5.74, 6) is -2.27. The molecule has 0 aromatic rings. The number of hydroxylamine groups is 2. The molecule has 0 saturated carbocycles. The molecule has 28 heavy (non-hydrogen) atoms. The fourth-order valence-electron chi connectivity index (χ4n) is 3.32. The summed E-state index contributed by atoms with van der Waals surface area (Å²) in [5, 5.41) is 5.74. The van der Waals surface area contributed by atoms with E-state index in [-0.39, 0.29) is 50.6 Å². The van der Waals surface area contributed by atoms with Gasteiger partial charge in [-0.25, -0.2) is 4.79 Å². The molecular formula is C18H28N4O6. The van der Waals surface area contributed by atoms with E-state index < -0.39 is 17.8 Å². The van der Waals surface area contributed by atoms with Crippen LogP contribution in [0.1, 0.15) is 51.9 Å². The minimum atomic E-state index is -0.770. The van der Waals surface area contributed by atoms with E-state index in [1.807, 2.05) is 0 Å². The lowest BCUT2D eigenvalue weighted by molar-refractivity contribution is -0.197. The molecule has 0 radical (unpaired) electrons. The van der Waals surface area contributed by atoms with Crippen LogP contribution in [0.15, 0.2) is 0 Å². The van der Waals surface area contributed by atoms with Crippen molar-refractivity contribution in [1.29, 1.82) is 0 Å². The van der Waals surface area contributed by atoms with Gasteiger partial charge in [-0.3, -0.25) is 24.1 Å². The molecule has 2 heterocycles. The number of rotatable bonds is 10. The Morgan fingerprint density at radius 2 is 1.68 bits per heavy atom. The molecule has 2 rings (SSSR count). The molecule has 0 aliphatic carbocycles. The highest BCUT2D eigenvalue weighted by Gasteiger charge is 2.32. The fraction of sp³-hybridized carbons (Fsp3) is 0.722. The summed E-state index contributed by atoms with van der Waals surface area (Å²) in [6.07, 6.45) is 3.25. The summed E-state index contributed by atoms with van der Waals surface area (Å²) in [5.41, 5.74) is 0. The number of hydrogen-bond acceptors (Lipinski definition) is 7. The average Bonchev–Trinajstić information content (AvgIpc) is 3.22. The van der Waals surface area contributed by atoms with Crippen molar-refractivity contribution in [2.45, 2.75) is 57.9 Å². The highest BCUT2D eigenvalue weighted by molar-refractivity contribution is 6.01. The van der Waals surface area contributed by atoms with Gasteiger partial charge >= 0.3 is 5.97 Å². The maximum absolute atomic E-state index is 12.0. The van der Waals surface area contributed by atoms with Crippen molar-refractivity contribution in [3.8, 4) is 0 Å².